The Hall–Kier alpha value is -0.340. The van der Waals surface area contributed by atoms with Crippen molar-refractivity contribution in [2.45, 2.75) is 38.2 Å². The maximum Gasteiger partial charge on any atom is 0.0580 e. The highest BCUT2D eigenvalue weighted by molar-refractivity contribution is 4.78. The fraction of sp³-hybridized carbons (Fsp3) is 0.818. The summed E-state index contributed by atoms with van der Waals surface area (Å²) in [7, 11) is 0. The van der Waals surface area contributed by atoms with E-state index in [4.69, 9.17) is 0 Å². The summed E-state index contributed by atoms with van der Waals surface area (Å²) in [6.07, 6.45) is 7.53. The van der Waals surface area contributed by atoms with Crippen LogP contribution >= 0.6 is 0 Å². The van der Waals surface area contributed by atoms with Gasteiger partial charge in [0.05, 0.1) is 6.10 Å². The lowest BCUT2D eigenvalue weighted by Crippen LogP contribution is -2.28. The van der Waals surface area contributed by atoms with E-state index in [1.54, 1.807) is 0 Å². The highest BCUT2D eigenvalue weighted by Crippen LogP contribution is 2.24. The lowest BCUT2D eigenvalue weighted by Gasteiger charge is -2.14. The molecule has 2 heteroatoms. The van der Waals surface area contributed by atoms with Gasteiger partial charge in [0.25, 0.3) is 0 Å². The summed E-state index contributed by atoms with van der Waals surface area (Å²) >= 11 is 0. The predicted octanol–water partition coefficient (Wildman–Crippen LogP) is 1.70. The van der Waals surface area contributed by atoms with E-state index in [0.717, 1.165) is 32.4 Å². The van der Waals surface area contributed by atoms with Crippen molar-refractivity contribution >= 4 is 0 Å². The maximum atomic E-state index is 9.54. The van der Waals surface area contributed by atoms with E-state index in [0.29, 0.717) is 5.92 Å². The molecule has 0 aliphatic heterocycles. The highest BCUT2D eigenvalue weighted by Gasteiger charge is 2.24. The average Bonchev–Trinajstić information content (AvgIpc) is 2.52. The van der Waals surface area contributed by atoms with Crippen molar-refractivity contribution < 1.29 is 5.11 Å². The smallest absolute Gasteiger partial charge is 0.0580 e. The molecule has 1 aliphatic carbocycles. The lowest BCUT2D eigenvalue weighted by molar-refractivity contribution is 0.132. The van der Waals surface area contributed by atoms with Gasteiger partial charge in [-0.3, -0.25) is 0 Å². The topological polar surface area (TPSA) is 32.3 Å². The minimum absolute atomic E-state index is 0.0492. The Kier molecular flexibility index (Phi) is 5.09. The number of rotatable bonds is 6. The third kappa shape index (κ3) is 3.92. The second-order valence-corrected chi connectivity index (χ2v) is 3.89. The Balaban J connectivity index is 1.95. The Morgan fingerprint density at radius 2 is 2.31 bits per heavy atom. The van der Waals surface area contributed by atoms with E-state index < -0.39 is 0 Å². The summed E-state index contributed by atoms with van der Waals surface area (Å²) < 4.78 is 0. The van der Waals surface area contributed by atoms with Crippen molar-refractivity contribution in [3.63, 3.8) is 0 Å². The van der Waals surface area contributed by atoms with Gasteiger partial charge in [-0.2, -0.15) is 0 Å². The van der Waals surface area contributed by atoms with Gasteiger partial charge >= 0.3 is 0 Å². The van der Waals surface area contributed by atoms with E-state index in [1.165, 1.54) is 12.8 Å². The van der Waals surface area contributed by atoms with Gasteiger partial charge in [-0.05, 0) is 38.1 Å². The van der Waals surface area contributed by atoms with Crippen molar-refractivity contribution in [3.8, 4) is 0 Å². The molecule has 76 valence electrons. The average molecular weight is 183 g/mol. The van der Waals surface area contributed by atoms with Gasteiger partial charge in [0.1, 0.15) is 0 Å². The summed E-state index contributed by atoms with van der Waals surface area (Å²) in [6.45, 7) is 5.72. The molecule has 1 fully saturated rings. The van der Waals surface area contributed by atoms with Crippen LogP contribution in [-0.2, 0) is 0 Å². The maximum absolute atomic E-state index is 9.54. The third-order valence-corrected chi connectivity index (χ3v) is 2.79. The number of aliphatic hydroxyl groups excluding tert-OH is 1. The molecule has 0 amide bonds. The van der Waals surface area contributed by atoms with Crippen molar-refractivity contribution in [1.29, 1.82) is 0 Å². The van der Waals surface area contributed by atoms with Crippen molar-refractivity contribution in [2.75, 3.05) is 13.1 Å². The number of hydrogen-bond donors (Lipinski definition) is 2. The van der Waals surface area contributed by atoms with E-state index in [-0.39, 0.29) is 6.10 Å². The molecule has 1 rings (SSSR count). The van der Waals surface area contributed by atoms with Crippen LogP contribution in [0.3, 0.4) is 0 Å². The highest BCUT2D eigenvalue weighted by atomic mass is 16.3. The standard InChI is InChI=1S/C11H21NO/c1-2-3-4-8-12-9-10-6-5-7-11(10)13/h2,10-13H,1,3-9H2. The molecule has 1 aliphatic rings. The first-order valence-electron chi connectivity index (χ1n) is 5.34. The van der Waals surface area contributed by atoms with Crippen LogP contribution in [-0.4, -0.2) is 24.3 Å². The summed E-state index contributed by atoms with van der Waals surface area (Å²) in [4.78, 5) is 0. The largest absolute Gasteiger partial charge is 0.393 e. The Morgan fingerprint density at radius 3 is 2.92 bits per heavy atom. The third-order valence-electron chi connectivity index (χ3n) is 2.79. The van der Waals surface area contributed by atoms with Crippen LogP contribution in [0.25, 0.3) is 0 Å². The van der Waals surface area contributed by atoms with Gasteiger partial charge < -0.3 is 10.4 Å². The number of unbranched alkanes of at least 4 members (excludes halogenated alkanes) is 1. The number of aliphatic hydroxyl groups is 1. The van der Waals surface area contributed by atoms with E-state index in [1.807, 2.05) is 6.08 Å². The first-order chi connectivity index (χ1) is 6.34. The molecule has 0 radical (unpaired) electrons. The molecule has 0 aromatic rings. The number of nitrogens with one attached hydrogen (secondary N) is 1. The zero-order chi connectivity index (χ0) is 9.52. The second-order valence-electron chi connectivity index (χ2n) is 3.89. The first-order valence-corrected chi connectivity index (χ1v) is 5.34. The minimum atomic E-state index is -0.0492. The van der Waals surface area contributed by atoms with E-state index in [2.05, 4.69) is 11.9 Å². The Bertz CT molecular complexity index is 147. The zero-order valence-electron chi connectivity index (χ0n) is 8.34. The van der Waals surface area contributed by atoms with Crippen LogP contribution in [0.4, 0.5) is 0 Å². The molecule has 1 saturated carbocycles. The van der Waals surface area contributed by atoms with E-state index >= 15 is 0 Å². The molecule has 13 heavy (non-hydrogen) atoms. The molecule has 0 spiro atoms. The molecule has 0 aromatic carbocycles. The van der Waals surface area contributed by atoms with Crippen LogP contribution < -0.4 is 5.32 Å². The molecular formula is C11H21NO. The Labute approximate surface area is 81.0 Å². The number of hydrogen-bond acceptors (Lipinski definition) is 2. The van der Waals surface area contributed by atoms with Gasteiger partial charge in [0, 0.05) is 6.54 Å². The summed E-state index contributed by atoms with van der Waals surface area (Å²) in [5, 5.41) is 12.9. The molecule has 0 heterocycles. The van der Waals surface area contributed by atoms with Crippen molar-refractivity contribution in [3.05, 3.63) is 12.7 Å². The van der Waals surface area contributed by atoms with Crippen molar-refractivity contribution in [2.24, 2.45) is 5.92 Å². The molecule has 0 saturated heterocycles. The van der Waals surface area contributed by atoms with Crippen LogP contribution in [0, 0.1) is 5.92 Å². The minimum Gasteiger partial charge on any atom is -0.393 e. The first kappa shape index (κ1) is 10.7. The van der Waals surface area contributed by atoms with Crippen LogP contribution in [0.15, 0.2) is 12.7 Å². The summed E-state index contributed by atoms with van der Waals surface area (Å²) in [6, 6.07) is 0. The van der Waals surface area contributed by atoms with E-state index in [9.17, 15) is 5.11 Å². The zero-order valence-corrected chi connectivity index (χ0v) is 8.34. The van der Waals surface area contributed by atoms with Gasteiger partial charge in [0.15, 0.2) is 0 Å². The van der Waals surface area contributed by atoms with Gasteiger partial charge in [-0.25, -0.2) is 0 Å². The molecular weight excluding hydrogens is 162 g/mol. The monoisotopic (exact) mass is 183 g/mol. The lowest BCUT2D eigenvalue weighted by atomic mass is 10.1. The summed E-state index contributed by atoms with van der Waals surface area (Å²) in [5.41, 5.74) is 0. The van der Waals surface area contributed by atoms with Crippen molar-refractivity contribution in [1.82, 2.24) is 5.32 Å². The van der Waals surface area contributed by atoms with Gasteiger partial charge in [-0.15, -0.1) is 6.58 Å². The fourth-order valence-corrected chi connectivity index (χ4v) is 1.91. The normalized spacial score (nSPS) is 27.8. The Morgan fingerprint density at radius 1 is 1.46 bits per heavy atom. The molecule has 0 bridgehead atoms. The molecule has 2 N–H and O–H groups in total. The predicted molar refractivity (Wildman–Crippen MR) is 55.6 cm³/mol. The van der Waals surface area contributed by atoms with Gasteiger partial charge in [0.2, 0.25) is 0 Å². The molecule has 2 nitrogen and oxygen atoms in total. The second kappa shape index (κ2) is 6.17. The molecule has 2 atom stereocenters. The molecule has 2 unspecified atom stereocenters. The fourth-order valence-electron chi connectivity index (χ4n) is 1.91. The number of allylic oxidation sites excluding steroid dienone is 1. The van der Waals surface area contributed by atoms with Gasteiger partial charge in [-0.1, -0.05) is 12.5 Å². The van der Waals surface area contributed by atoms with Crippen LogP contribution in [0.1, 0.15) is 32.1 Å². The SMILES string of the molecule is C=CCCCNCC1CCCC1O. The molecule has 0 aromatic heterocycles. The quantitative estimate of drug-likeness (QED) is 0.485. The van der Waals surface area contributed by atoms with Crippen LogP contribution in [0.5, 0.6) is 0 Å². The summed E-state index contributed by atoms with van der Waals surface area (Å²) in [5.74, 6) is 0.503. The van der Waals surface area contributed by atoms with Crippen LogP contribution in [0.2, 0.25) is 0 Å².